The van der Waals surface area contributed by atoms with E-state index in [0.29, 0.717) is 12.0 Å². The molecule has 7 heteroatoms. The van der Waals surface area contributed by atoms with E-state index in [2.05, 4.69) is 51.9 Å². The van der Waals surface area contributed by atoms with Crippen LogP contribution in [-0.2, 0) is 5.79 Å². The summed E-state index contributed by atoms with van der Waals surface area (Å²) in [5.74, 6) is -0.702. The van der Waals surface area contributed by atoms with Gasteiger partial charge in [0.25, 0.3) is 0 Å². The summed E-state index contributed by atoms with van der Waals surface area (Å²) in [6.45, 7) is 3.29. The first kappa shape index (κ1) is 16.9. The minimum absolute atomic E-state index is 0.295. The maximum Gasteiger partial charge on any atom is 0.209 e. The van der Waals surface area contributed by atoms with E-state index >= 15 is 0 Å². The average Bonchev–Trinajstić information content (AvgIpc) is 3.16. The van der Waals surface area contributed by atoms with Crippen LogP contribution in [0, 0.1) is 0 Å². The Labute approximate surface area is 143 Å². The minimum Gasteiger partial charge on any atom is -0.369 e. The minimum atomic E-state index is -0.997. The molecule has 1 fully saturated rings. The number of nitrogens with two attached hydrogens (primary N) is 2. The zero-order valence-corrected chi connectivity index (χ0v) is 14.4. The molecular formula is C17H27N7. The van der Waals surface area contributed by atoms with Gasteiger partial charge >= 0.3 is 0 Å². The molecule has 2 unspecified atom stereocenters. The third kappa shape index (κ3) is 3.76. The van der Waals surface area contributed by atoms with Crippen molar-refractivity contribution in [3.05, 3.63) is 41.5 Å². The molecule has 2 aliphatic heterocycles. The Hall–Kier alpha value is -1.93. The fourth-order valence-electron chi connectivity index (χ4n) is 3.13. The van der Waals surface area contributed by atoms with Crippen LogP contribution >= 0.6 is 0 Å². The molecule has 0 saturated carbocycles. The zero-order chi connectivity index (χ0) is 17.2. The maximum atomic E-state index is 6.17. The molecule has 130 valence electrons. The van der Waals surface area contributed by atoms with Gasteiger partial charge in [0, 0.05) is 31.2 Å². The van der Waals surface area contributed by atoms with Crippen LogP contribution in [0.5, 0.6) is 0 Å². The number of hydrazine groups is 1. The molecule has 1 aromatic carbocycles. The summed E-state index contributed by atoms with van der Waals surface area (Å²) in [6, 6.07) is 8.69. The second-order valence-corrected chi connectivity index (χ2v) is 6.70. The van der Waals surface area contributed by atoms with Gasteiger partial charge in [-0.2, -0.15) is 5.43 Å². The third-order valence-electron chi connectivity index (χ3n) is 4.68. The Morgan fingerprint density at radius 3 is 2.71 bits per heavy atom. The summed E-state index contributed by atoms with van der Waals surface area (Å²) in [7, 11) is 4.31. The number of nitrogens with one attached hydrogen (secondary N) is 2. The van der Waals surface area contributed by atoms with Crippen molar-refractivity contribution < 1.29 is 0 Å². The molecule has 2 aliphatic rings. The quantitative estimate of drug-likeness (QED) is 0.599. The highest BCUT2D eigenvalue weighted by molar-refractivity contribution is 5.79. The van der Waals surface area contributed by atoms with Gasteiger partial charge < -0.3 is 10.6 Å². The molecule has 3 rings (SSSR count). The fourth-order valence-corrected chi connectivity index (χ4v) is 3.13. The summed E-state index contributed by atoms with van der Waals surface area (Å²) < 4.78 is 0. The summed E-state index contributed by atoms with van der Waals surface area (Å²) >= 11 is 0. The van der Waals surface area contributed by atoms with Gasteiger partial charge in [-0.25, -0.2) is 4.99 Å². The third-order valence-corrected chi connectivity index (χ3v) is 4.68. The Morgan fingerprint density at radius 1 is 1.38 bits per heavy atom. The van der Waals surface area contributed by atoms with E-state index in [4.69, 9.17) is 11.5 Å². The van der Waals surface area contributed by atoms with E-state index in [1.165, 1.54) is 13.0 Å². The van der Waals surface area contributed by atoms with Crippen molar-refractivity contribution in [3.63, 3.8) is 0 Å². The molecule has 0 aromatic heterocycles. The first-order chi connectivity index (χ1) is 11.5. The topological polar surface area (TPSA) is 94.9 Å². The highest BCUT2D eigenvalue weighted by atomic mass is 15.6. The molecule has 24 heavy (non-hydrogen) atoms. The Bertz CT molecular complexity index is 622. The standard InChI is InChI=1S/C17H27N7/c1-23(2)15-9-11-24(12-15)10-3-4-13-5-7-14(8-6-13)17(19)20-16(18)21-22-17/h3-8,15,22H,9-12,19H2,1-2H3,(H3,18,20,21). The first-order valence-corrected chi connectivity index (χ1v) is 8.29. The van der Waals surface area contributed by atoms with Crippen LogP contribution in [0.15, 0.2) is 35.3 Å². The van der Waals surface area contributed by atoms with Gasteiger partial charge in [-0.1, -0.05) is 36.4 Å². The van der Waals surface area contributed by atoms with Crippen LogP contribution < -0.4 is 22.3 Å². The van der Waals surface area contributed by atoms with Crippen molar-refractivity contribution in [2.45, 2.75) is 18.2 Å². The van der Waals surface area contributed by atoms with Gasteiger partial charge in [0.2, 0.25) is 11.7 Å². The van der Waals surface area contributed by atoms with E-state index in [-0.39, 0.29) is 0 Å². The molecule has 0 spiro atoms. The normalized spacial score (nSPS) is 27.8. The number of benzene rings is 1. The zero-order valence-electron chi connectivity index (χ0n) is 14.4. The predicted molar refractivity (Wildman–Crippen MR) is 97.8 cm³/mol. The van der Waals surface area contributed by atoms with Crippen LogP contribution in [0.3, 0.4) is 0 Å². The highest BCUT2D eigenvalue weighted by Gasteiger charge is 2.31. The van der Waals surface area contributed by atoms with E-state index in [9.17, 15) is 0 Å². The van der Waals surface area contributed by atoms with Gasteiger partial charge in [0.05, 0.1) is 0 Å². The van der Waals surface area contributed by atoms with E-state index in [1.807, 2.05) is 24.3 Å². The summed E-state index contributed by atoms with van der Waals surface area (Å²) in [4.78, 5) is 8.97. The number of aliphatic imine (C=N–C) groups is 1. The van der Waals surface area contributed by atoms with E-state index in [1.54, 1.807) is 0 Å². The van der Waals surface area contributed by atoms with Crippen LogP contribution in [0.1, 0.15) is 17.5 Å². The molecule has 2 atom stereocenters. The predicted octanol–water partition coefficient (Wildman–Crippen LogP) is -0.173. The molecule has 0 amide bonds. The van der Waals surface area contributed by atoms with Gasteiger partial charge in [-0.15, -0.1) is 0 Å². The van der Waals surface area contributed by atoms with E-state index in [0.717, 1.165) is 24.2 Å². The van der Waals surface area contributed by atoms with Crippen molar-refractivity contribution in [3.8, 4) is 0 Å². The SMILES string of the molecule is CN(C)C1CCN(CC=Cc2ccc(C3(N)N=C(N)NN3)cc2)C1. The Kier molecular flexibility index (Phi) is 4.86. The van der Waals surface area contributed by atoms with E-state index < -0.39 is 5.79 Å². The second-order valence-electron chi connectivity index (χ2n) is 6.70. The smallest absolute Gasteiger partial charge is 0.209 e. The van der Waals surface area contributed by atoms with Gasteiger partial charge in [-0.05, 0) is 26.1 Å². The molecule has 0 radical (unpaired) electrons. The lowest BCUT2D eigenvalue weighted by Crippen LogP contribution is -2.50. The van der Waals surface area contributed by atoms with Crippen LogP contribution in [-0.4, -0.2) is 55.5 Å². The number of hydrogen-bond acceptors (Lipinski definition) is 7. The second kappa shape index (κ2) is 6.90. The number of likely N-dealkylation sites (N-methyl/N-ethyl adjacent to an activating group) is 1. The first-order valence-electron chi connectivity index (χ1n) is 8.29. The molecule has 7 nitrogen and oxygen atoms in total. The van der Waals surface area contributed by atoms with Crippen LogP contribution in [0.2, 0.25) is 0 Å². The molecule has 6 N–H and O–H groups in total. The number of hydrogen-bond donors (Lipinski definition) is 4. The summed E-state index contributed by atoms with van der Waals surface area (Å²) in [6.07, 6.45) is 5.61. The molecule has 1 aromatic rings. The summed E-state index contributed by atoms with van der Waals surface area (Å²) in [5, 5.41) is 0. The molecular weight excluding hydrogens is 302 g/mol. The maximum absolute atomic E-state index is 6.17. The number of guanidine groups is 1. The highest BCUT2D eigenvalue weighted by Crippen LogP contribution is 2.19. The Morgan fingerprint density at radius 2 is 2.12 bits per heavy atom. The van der Waals surface area contributed by atoms with Crippen molar-refractivity contribution in [1.82, 2.24) is 20.7 Å². The summed E-state index contributed by atoms with van der Waals surface area (Å²) in [5.41, 5.74) is 19.4. The molecule has 0 bridgehead atoms. The molecule has 1 saturated heterocycles. The van der Waals surface area contributed by atoms with Gasteiger partial charge in [0.15, 0.2) is 0 Å². The fraction of sp³-hybridized carbons (Fsp3) is 0.471. The monoisotopic (exact) mass is 329 g/mol. The van der Waals surface area contributed by atoms with Crippen molar-refractivity contribution >= 4 is 12.0 Å². The lowest BCUT2D eigenvalue weighted by Gasteiger charge is -2.20. The van der Waals surface area contributed by atoms with Gasteiger partial charge in [-0.3, -0.25) is 16.1 Å². The Balaban J connectivity index is 1.55. The largest absolute Gasteiger partial charge is 0.369 e. The van der Waals surface area contributed by atoms with Crippen LogP contribution in [0.4, 0.5) is 0 Å². The number of nitrogens with zero attached hydrogens (tertiary/aromatic N) is 3. The average molecular weight is 329 g/mol. The van der Waals surface area contributed by atoms with Crippen LogP contribution in [0.25, 0.3) is 6.08 Å². The van der Waals surface area contributed by atoms with Crippen molar-refractivity contribution in [2.75, 3.05) is 33.7 Å². The lowest BCUT2D eigenvalue weighted by molar-refractivity contribution is 0.280. The lowest BCUT2D eigenvalue weighted by atomic mass is 10.1. The van der Waals surface area contributed by atoms with Gasteiger partial charge in [0.1, 0.15) is 0 Å². The van der Waals surface area contributed by atoms with Crippen molar-refractivity contribution in [1.29, 1.82) is 0 Å². The molecule has 0 aliphatic carbocycles. The molecule has 2 heterocycles. The van der Waals surface area contributed by atoms with Crippen molar-refractivity contribution in [2.24, 2.45) is 16.5 Å². The number of likely N-dealkylation sites (tertiary alicyclic amines) is 1. The number of rotatable bonds is 5.